The average molecular weight is 384 g/mol. The molecule has 1 aliphatic rings. The molecular weight excluding hydrogens is 352 g/mol. The Bertz CT molecular complexity index is 582. The maximum Gasteiger partial charge on any atom is 0.437 e. The fourth-order valence-electron chi connectivity index (χ4n) is 2.50. The van der Waals surface area contributed by atoms with E-state index in [1.807, 2.05) is 0 Å². The molecule has 1 fully saturated rings. The number of rotatable bonds is 1. The van der Waals surface area contributed by atoms with E-state index in [1.54, 1.807) is 53.5 Å². The summed E-state index contributed by atoms with van der Waals surface area (Å²) < 4.78 is 10.5. The zero-order valence-corrected chi connectivity index (χ0v) is 17.3. The third-order valence-electron chi connectivity index (χ3n) is 3.62. The van der Waals surface area contributed by atoms with Gasteiger partial charge in [-0.1, -0.05) is 0 Å². The Kier molecular flexibility index (Phi) is 7.62. The molecule has 3 amide bonds. The van der Waals surface area contributed by atoms with E-state index < -0.39 is 23.4 Å². The van der Waals surface area contributed by atoms with Gasteiger partial charge >= 0.3 is 12.2 Å². The number of ether oxygens (including phenoxy) is 2. The molecule has 0 aromatic carbocycles. The van der Waals surface area contributed by atoms with Gasteiger partial charge in [-0.3, -0.25) is 10.1 Å². The van der Waals surface area contributed by atoms with Crippen molar-refractivity contribution in [1.82, 2.24) is 15.5 Å². The van der Waals surface area contributed by atoms with Gasteiger partial charge in [-0.2, -0.15) is 0 Å². The minimum absolute atomic E-state index is 0.0135. The van der Waals surface area contributed by atoms with E-state index >= 15 is 0 Å². The second-order valence-electron chi connectivity index (χ2n) is 8.42. The summed E-state index contributed by atoms with van der Waals surface area (Å²) >= 11 is 0. The first kappa shape index (κ1) is 22.7. The molecule has 0 spiro atoms. The van der Waals surface area contributed by atoms with Crippen LogP contribution in [0.15, 0.2) is 4.99 Å². The highest BCUT2D eigenvalue weighted by molar-refractivity contribution is 5.99. The number of likely N-dealkylation sites (tertiary alicyclic amines) is 1. The van der Waals surface area contributed by atoms with Crippen molar-refractivity contribution in [3.8, 4) is 0 Å². The monoisotopic (exact) mass is 384 g/mol. The van der Waals surface area contributed by atoms with Crippen molar-refractivity contribution in [2.45, 2.75) is 65.6 Å². The van der Waals surface area contributed by atoms with Gasteiger partial charge in [0.25, 0.3) is 0 Å². The first-order valence-electron chi connectivity index (χ1n) is 9.09. The summed E-state index contributed by atoms with van der Waals surface area (Å²) in [6.45, 7) is 11.4. The normalized spacial score (nSPS) is 16.6. The molecule has 1 heterocycles. The van der Waals surface area contributed by atoms with Crippen LogP contribution in [0.2, 0.25) is 0 Å². The van der Waals surface area contributed by atoms with Gasteiger partial charge in [0.2, 0.25) is 11.9 Å². The van der Waals surface area contributed by atoms with Crippen LogP contribution in [0, 0.1) is 5.92 Å². The molecule has 0 aliphatic carbocycles. The summed E-state index contributed by atoms with van der Waals surface area (Å²) in [5.74, 6) is -0.0511. The summed E-state index contributed by atoms with van der Waals surface area (Å²) in [5.41, 5.74) is -1.39. The summed E-state index contributed by atoms with van der Waals surface area (Å²) in [5, 5.41) is 5.17. The van der Waals surface area contributed by atoms with E-state index in [0.717, 1.165) is 0 Å². The number of nitrogens with zero attached hydrogens (tertiary/aromatic N) is 2. The summed E-state index contributed by atoms with van der Waals surface area (Å²) in [7, 11) is 1.61. The lowest BCUT2D eigenvalue weighted by atomic mass is 9.96. The second-order valence-corrected chi connectivity index (χ2v) is 8.42. The molecule has 0 unspecified atom stereocenters. The zero-order chi connectivity index (χ0) is 20.8. The number of guanidine groups is 1. The number of alkyl carbamates (subject to hydrolysis) is 1. The number of hydrogen-bond donors (Lipinski definition) is 2. The van der Waals surface area contributed by atoms with Gasteiger partial charge in [-0.05, 0) is 54.4 Å². The highest BCUT2D eigenvalue weighted by Crippen LogP contribution is 2.18. The molecule has 1 aliphatic heterocycles. The lowest BCUT2D eigenvalue weighted by molar-refractivity contribution is -0.125. The Morgan fingerprint density at radius 2 is 1.48 bits per heavy atom. The Balaban J connectivity index is 2.90. The smallest absolute Gasteiger partial charge is 0.437 e. The fraction of sp³-hybridized carbons (Fsp3) is 0.778. The van der Waals surface area contributed by atoms with Gasteiger partial charge < -0.3 is 19.7 Å². The maximum atomic E-state index is 12.1. The number of amides is 3. The third-order valence-corrected chi connectivity index (χ3v) is 3.62. The van der Waals surface area contributed by atoms with Crippen molar-refractivity contribution < 1.29 is 23.9 Å². The third kappa shape index (κ3) is 8.74. The van der Waals surface area contributed by atoms with Gasteiger partial charge in [0.05, 0.1) is 0 Å². The van der Waals surface area contributed by atoms with Crippen molar-refractivity contribution >= 4 is 24.1 Å². The number of piperidine rings is 1. The van der Waals surface area contributed by atoms with Crippen LogP contribution in [0.4, 0.5) is 9.59 Å². The Hall–Kier alpha value is -2.32. The number of aliphatic imine (C=N–C) groups is 1. The van der Waals surface area contributed by atoms with Crippen LogP contribution in [0.25, 0.3) is 0 Å². The standard InChI is InChI=1S/C18H32N4O5/c1-17(2,3)26-15(24)20-14(21-16(25)27-18(4,5)6)22-10-8-12(9-11-22)13(23)19-7/h12H,8-11H2,1-7H3,(H,19,23)(H,20,21,24,25). The molecule has 1 rings (SSSR count). The molecule has 0 saturated carbocycles. The van der Waals surface area contributed by atoms with E-state index in [0.29, 0.717) is 25.9 Å². The molecule has 0 aromatic heterocycles. The molecule has 1 saturated heterocycles. The molecule has 9 nitrogen and oxygen atoms in total. The topological polar surface area (TPSA) is 109 Å². The molecule has 2 N–H and O–H groups in total. The molecular formula is C18H32N4O5. The molecule has 154 valence electrons. The Morgan fingerprint density at radius 3 is 1.93 bits per heavy atom. The molecule has 0 atom stereocenters. The first-order valence-corrected chi connectivity index (χ1v) is 9.09. The molecule has 9 heteroatoms. The van der Waals surface area contributed by atoms with E-state index in [2.05, 4.69) is 15.6 Å². The molecule has 0 radical (unpaired) electrons. The largest absolute Gasteiger partial charge is 0.444 e. The lowest BCUT2D eigenvalue weighted by Gasteiger charge is -2.33. The summed E-state index contributed by atoms with van der Waals surface area (Å²) in [4.78, 5) is 41.7. The fourth-order valence-corrected chi connectivity index (χ4v) is 2.50. The van der Waals surface area contributed by atoms with Gasteiger partial charge in [0, 0.05) is 26.1 Å². The van der Waals surface area contributed by atoms with E-state index in [4.69, 9.17) is 9.47 Å². The quantitative estimate of drug-likeness (QED) is 0.530. The maximum absolute atomic E-state index is 12.1. The average Bonchev–Trinajstić information content (AvgIpc) is 2.50. The van der Waals surface area contributed by atoms with Gasteiger partial charge in [0.1, 0.15) is 11.2 Å². The lowest BCUT2D eigenvalue weighted by Crippen LogP contribution is -2.50. The van der Waals surface area contributed by atoms with Crippen LogP contribution in [-0.2, 0) is 14.3 Å². The van der Waals surface area contributed by atoms with Gasteiger partial charge in [0.15, 0.2) is 0 Å². The first-order chi connectivity index (χ1) is 12.3. The van der Waals surface area contributed by atoms with E-state index in [9.17, 15) is 14.4 Å². The van der Waals surface area contributed by atoms with Crippen molar-refractivity contribution in [3.63, 3.8) is 0 Å². The van der Waals surface area contributed by atoms with Crippen LogP contribution in [-0.4, -0.2) is 60.3 Å². The highest BCUT2D eigenvalue weighted by atomic mass is 16.6. The minimum atomic E-state index is -0.804. The van der Waals surface area contributed by atoms with Crippen molar-refractivity contribution in [1.29, 1.82) is 0 Å². The molecule has 0 aromatic rings. The Morgan fingerprint density at radius 1 is 0.963 bits per heavy atom. The Labute approximate surface area is 160 Å². The summed E-state index contributed by atoms with van der Waals surface area (Å²) in [6, 6.07) is 0. The number of hydrogen-bond acceptors (Lipinski definition) is 5. The molecule has 0 bridgehead atoms. The predicted octanol–water partition coefficient (Wildman–Crippen LogP) is 2.26. The molecule has 27 heavy (non-hydrogen) atoms. The van der Waals surface area contributed by atoms with Crippen molar-refractivity contribution in [2.75, 3.05) is 20.1 Å². The van der Waals surface area contributed by atoms with Crippen LogP contribution < -0.4 is 10.6 Å². The van der Waals surface area contributed by atoms with E-state index in [1.165, 1.54) is 0 Å². The number of nitrogens with one attached hydrogen (secondary N) is 2. The van der Waals surface area contributed by atoms with Crippen LogP contribution in [0.3, 0.4) is 0 Å². The van der Waals surface area contributed by atoms with Gasteiger partial charge in [-0.25, -0.2) is 9.59 Å². The van der Waals surface area contributed by atoms with Crippen LogP contribution >= 0.6 is 0 Å². The minimum Gasteiger partial charge on any atom is -0.444 e. The van der Waals surface area contributed by atoms with Crippen LogP contribution in [0.1, 0.15) is 54.4 Å². The predicted molar refractivity (Wildman–Crippen MR) is 101 cm³/mol. The number of carbonyl (C=O) groups excluding carboxylic acids is 3. The zero-order valence-electron chi connectivity index (χ0n) is 17.3. The van der Waals surface area contributed by atoms with Crippen LogP contribution in [0.5, 0.6) is 0 Å². The van der Waals surface area contributed by atoms with E-state index in [-0.39, 0.29) is 17.8 Å². The van der Waals surface area contributed by atoms with Gasteiger partial charge in [-0.15, -0.1) is 4.99 Å². The van der Waals surface area contributed by atoms with Crippen molar-refractivity contribution in [3.05, 3.63) is 0 Å². The SMILES string of the molecule is CNC(=O)C1CCN(C(=NC(=O)OC(C)(C)C)NC(=O)OC(C)(C)C)CC1. The highest BCUT2D eigenvalue weighted by Gasteiger charge is 2.28. The number of carbonyl (C=O) groups is 3. The van der Waals surface area contributed by atoms with Crippen molar-refractivity contribution in [2.24, 2.45) is 10.9 Å². The second kappa shape index (κ2) is 9.05. The summed E-state index contributed by atoms with van der Waals surface area (Å²) in [6.07, 6.45) is -0.341.